The minimum absolute atomic E-state index is 0.0525. The minimum Gasteiger partial charge on any atom is -0.352 e. The Morgan fingerprint density at radius 1 is 1.21 bits per heavy atom. The van der Waals surface area contributed by atoms with Crippen molar-refractivity contribution in [3.63, 3.8) is 0 Å². The highest BCUT2D eigenvalue weighted by Crippen LogP contribution is 2.28. The van der Waals surface area contributed by atoms with Gasteiger partial charge in [0, 0.05) is 42.9 Å². The second-order valence-electron chi connectivity index (χ2n) is 8.39. The van der Waals surface area contributed by atoms with E-state index in [2.05, 4.69) is 48.2 Å². The predicted molar refractivity (Wildman–Crippen MR) is 117 cm³/mol. The molecule has 1 aliphatic heterocycles. The van der Waals surface area contributed by atoms with Crippen LogP contribution in [0.5, 0.6) is 0 Å². The van der Waals surface area contributed by atoms with Crippen molar-refractivity contribution in [1.82, 2.24) is 15.2 Å². The molecule has 2 aromatic rings. The number of benzene rings is 1. The van der Waals surface area contributed by atoms with Crippen molar-refractivity contribution in [3.8, 4) is 0 Å². The highest BCUT2D eigenvalue weighted by atomic mass is 32.1. The predicted octanol–water partition coefficient (Wildman–Crippen LogP) is 3.58. The summed E-state index contributed by atoms with van der Waals surface area (Å²) in [6, 6.07) is 7.61. The second kappa shape index (κ2) is 9.05. The first kappa shape index (κ1) is 21.5. The fourth-order valence-electron chi connectivity index (χ4n) is 3.27. The third-order valence-corrected chi connectivity index (χ3v) is 6.15. The smallest absolute Gasteiger partial charge is 0.251 e. The number of aromatic nitrogens is 1. The van der Waals surface area contributed by atoms with Crippen LogP contribution in [0, 0.1) is 0 Å². The van der Waals surface area contributed by atoms with E-state index in [1.807, 2.05) is 24.3 Å². The van der Waals surface area contributed by atoms with Gasteiger partial charge in [0.15, 0.2) is 5.13 Å². The molecule has 0 spiro atoms. The Morgan fingerprint density at radius 3 is 2.59 bits per heavy atom. The van der Waals surface area contributed by atoms with E-state index in [0.717, 1.165) is 31.7 Å². The summed E-state index contributed by atoms with van der Waals surface area (Å²) in [7, 11) is 0. The minimum atomic E-state index is -0.164. The first-order valence-electron chi connectivity index (χ1n) is 10.2. The summed E-state index contributed by atoms with van der Waals surface area (Å²) < 4.78 is 0. The van der Waals surface area contributed by atoms with Gasteiger partial charge >= 0.3 is 0 Å². The number of fused-ring (bicyclic) bond motifs is 1. The molecular weight excluding hydrogens is 384 g/mol. The van der Waals surface area contributed by atoms with Crippen LogP contribution >= 0.6 is 11.3 Å². The molecular formula is C22H30N4O2S. The molecule has 0 saturated heterocycles. The van der Waals surface area contributed by atoms with Crippen LogP contribution < -0.4 is 10.6 Å². The van der Waals surface area contributed by atoms with E-state index in [4.69, 9.17) is 0 Å². The lowest BCUT2D eigenvalue weighted by Crippen LogP contribution is -2.29. The van der Waals surface area contributed by atoms with Crippen LogP contribution in [0.4, 0.5) is 5.13 Å². The number of nitrogens with one attached hydrogen (secondary N) is 2. The number of amides is 2. The quantitative estimate of drug-likeness (QED) is 0.758. The highest BCUT2D eigenvalue weighted by molar-refractivity contribution is 7.15. The standard InChI is InChI=1S/C22H30N4O2S/c1-5-26-13-11-17-18(14-26)29-21(24-17)25-19(27)10-12-23-20(28)15-6-8-16(9-7-15)22(2,3)4/h6-9H,5,10-14H2,1-4H3,(H,23,28)(H,24,25,27). The molecule has 0 atom stereocenters. The molecule has 0 unspecified atom stereocenters. The monoisotopic (exact) mass is 414 g/mol. The van der Waals surface area contributed by atoms with E-state index in [1.165, 1.54) is 10.4 Å². The second-order valence-corrected chi connectivity index (χ2v) is 9.47. The Labute approximate surface area is 176 Å². The molecule has 0 bridgehead atoms. The maximum absolute atomic E-state index is 12.3. The molecule has 1 aliphatic rings. The van der Waals surface area contributed by atoms with Crippen LogP contribution in [0.15, 0.2) is 24.3 Å². The molecule has 0 aliphatic carbocycles. The Morgan fingerprint density at radius 2 is 1.93 bits per heavy atom. The number of carbonyl (C=O) groups excluding carboxylic acids is 2. The highest BCUT2D eigenvalue weighted by Gasteiger charge is 2.20. The van der Waals surface area contributed by atoms with Gasteiger partial charge in [-0.2, -0.15) is 0 Å². The average Bonchev–Trinajstić information content (AvgIpc) is 3.08. The van der Waals surface area contributed by atoms with Gasteiger partial charge in [0.25, 0.3) is 5.91 Å². The lowest BCUT2D eigenvalue weighted by Gasteiger charge is -2.23. The topological polar surface area (TPSA) is 74.3 Å². The summed E-state index contributed by atoms with van der Waals surface area (Å²) in [5, 5.41) is 6.34. The molecule has 1 aromatic heterocycles. The lowest BCUT2D eigenvalue weighted by atomic mass is 9.87. The molecule has 6 nitrogen and oxygen atoms in total. The molecule has 1 aromatic carbocycles. The van der Waals surface area contributed by atoms with Crippen LogP contribution in [0.1, 0.15) is 60.6 Å². The summed E-state index contributed by atoms with van der Waals surface area (Å²) in [5.41, 5.74) is 2.94. The van der Waals surface area contributed by atoms with Crippen molar-refractivity contribution >= 4 is 28.3 Å². The van der Waals surface area contributed by atoms with E-state index < -0.39 is 0 Å². The first-order chi connectivity index (χ1) is 13.8. The van der Waals surface area contributed by atoms with Crippen molar-refractivity contribution in [2.24, 2.45) is 0 Å². The van der Waals surface area contributed by atoms with Crippen molar-refractivity contribution in [3.05, 3.63) is 46.0 Å². The van der Waals surface area contributed by atoms with Gasteiger partial charge < -0.3 is 10.6 Å². The number of hydrogen-bond acceptors (Lipinski definition) is 5. The van der Waals surface area contributed by atoms with E-state index in [1.54, 1.807) is 11.3 Å². The van der Waals surface area contributed by atoms with Crippen LogP contribution in [0.3, 0.4) is 0 Å². The average molecular weight is 415 g/mol. The van der Waals surface area contributed by atoms with E-state index in [0.29, 0.717) is 17.2 Å². The SMILES string of the molecule is CCN1CCc2nc(NC(=O)CCNC(=O)c3ccc(C(C)(C)C)cc3)sc2C1. The zero-order chi connectivity index (χ0) is 21.0. The first-order valence-corrected chi connectivity index (χ1v) is 11.0. The van der Waals surface area contributed by atoms with Gasteiger partial charge in [-0.05, 0) is 29.7 Å². The van der Waals surface area contributed by atoms with Gasteiger partial charge in [0.1, 0.15) is 0 Å². The number of carbonyl (C=O) groups is 2. The molecule has 2 N–H and O–H groups in total. The zero-order valence-corrected chi connectivity index (χ0v) is 18.5. The summed E-state index contributed by atoms with van der Waals surface area (Å²) in [6.45, 7) is 11.8. The summed E-state index contributed by atoms with van der Waals surface area (Å²) >= 11 is 1.55. The molecule has 2 heterocycles. The van der Waals surface area contributed by atoms with Crippen LogP contribution in [0.2, 0.25) is 0 Å². The Balaban J connectivity index is 1.45. The van der Waals surface area contributed by atoms with Gasteiger partial charge in [-0.15, -0.1) is 11.3 Å². The maximum atomic E-state index is 12.3. The van der Waals surface area contributed by atoms with Gasteiger partial charge in [-0.1, -0.05) is 39.8 Å². The van der Waals surface area contributed by atoms with Gasteiger partial charge in [-0.3, -0.25) is 14.5 Å². The Hall–Kier alpha value is -2.25. The molecule has 7 heteroatoms. The van der Waals surface area contributed by atoms with Crippen LogP contribution in [0.25, 0.3) is 0 Å². The molecule has 29 heavy (non-hydrogen) atoms. The van der Waals surface area contributed by atoms with Crippen LogP contribution in [-0.2, 0) is 23.2 Å². The zero-order valence-electron chi connectivity index (χ0n) is 17.7. The largest absolute Gasteiger partial charge is 0.352 e. The molecule has 0 radical (unpaired) electrons. The number of anilines is 1. The Kier molecular flexibility index (Phi) is 6.70. The molecule has 0 saturated carbocycles. The third kappa shape index (κ3) is 5.64. The fraction of sp³-hybridized carbons (Fsp3) is 0.500. The summed E-state index contributed by atoms with van der Waals surface area (Å²) in [6.07, 6.45) is 1.15. The van der Waals surface area contributed by atoms with Crippen LogP contribution in [-0.4, -0.2) is 41.3 Å². The summed E-state index contributed by atoms with van der Waals surface area (Å²) in [4.78, 5) is 32.7. The summed E-state index contributed by atoms with van der Waals surface area (Å²) in [5.74, 6) is -0.297. The van der Waals surface area contributed by atoms with Crippen molar-refractivity contribution in [2.75, 3.05) is 25.0 Å². The molecule has 0 fully saturated rings. The van der Waals surface area contributed by atoms with Crippen molar-refractivity contribution in [2.45, 2.75) is 52.5 Å². The lowest BCUT2D eigenvalue weighted by molar-refractivity contribution is -0.116. The van der Waals surface area contributed by atoms with E-state index in [-0.39, 0.29) is 23.7 Å². The number of rotatable bonds is 6. The Bertz CT molecular complexity index is 868. The fourth-order valence-corrected chi connectivity index (χ4v) is 4.33. The van der Waals surface area contributed by atoms with E-state index in [9.17, 15) is 9.59 Å². The number of hydrogen-bond donors (Lipinski definition) is 2. The number of nitrogens with zero attached hydrogens (tertiary/aromatic N) is 2. The van der Waals surface area contributed by atoms with Crippen molar-refractivity contribution < 1.29 is 9.59 Å². The normalized spacial score (nSPS) is 14.3. The number of likely N-dealkylation sites (N-methyl/N-ethyl adjacent to an activating group) is 1. The van der Waals surface area contributed by atoms with Gasteiger partial charge in [-0.25, -0.2) is 4.98 Å². The van der Waals surface area contributed by atoms with E-state index >= 15 is 0 Å². The molecule has 156 valence electrons. The van der Waals surface area contributed by atoms with Crippen molar-refractivity contribution in [1.29, 1.82) is 0 Å². The van der Waals surface area contributed by atoms with Gasteiger partial charge in [0.05, 0.1) is 5.69 Å². The van der Waals surface area contributed by atoms with Gasteiger partial charge in [0.2, 0.25) is 5.91 Å². The molecule has 2 amide bonds. The third-order valence-electron chi connectivity index (χ3n) is 5.15. The number of thiazole rings is 1. The molecule has 3 rings (SSSR count). The maximum Gasteiger partial charge on any atom is 0.251 e.